The van der Waals surface area contributed by atoms with Crippen LogP contribution < -0.4 is 4.74 Å². The van der Waals surface area contributed by atoms with Gasteiger partial charge in [-0.15, -0.1) is 5.10 Å². The third kappa shape index (κ3) is 2.97. The second-order valence-electron chi connectivity index (χ2n) is 4.56. The van der Waals surface area contributed by atoms with Gasteiger partial charge in [0.15, 0.2) is 5.69 Å². The molecule has 0 aliphatic heterocycles. The van der Waals surface area contributed by atoms with E-state index in [1.54, 1.807) is 7.11 Å². The first kappa shape index (κ1) is 14.1. The van der Waals surface area contributed by atoms with Crippen molar-refractivity contribution in [3.8, 4) is 23.1 Å². The molecule has 1 aromatic heterocycles. The SMILES string of the molecule is CCCCCn1nnc(C#N)c1-c1cccc(OC)c1. The zero-order valence-corrected chi connectivity index (χ0v) is 11.8. The second-order valence-corrected chi connectivity index (χ2v) is 4.56. The Kier molecular flexibility index (Phi) is 4.72. The normalized spacial score (nSPS) is 10.2. The van der Waals surface area contributed by atoms with E-state index in [-0.39, 0.29) is 0 Å². The molecule has 0 amide bonds. The number of aromatic nitrogens is 3. The molecule has 1 aromatic carbocycles. The summed E-state index contributed by atoms with van der Waals surface area (Å²) >= 11 is 0. The number of ether oxygens (including phenoxy) is 1. The quantitative estimate of drug-likeness (QED) is 0.757. The molecule has 0 radical (unpaired) electrons. The van der Waals surface area contributed by atoms with Crippen LogP contribution in [0.3, 0.4) is 0 Å². The fraction of sp³-hybridized carbons (Fsp3) is 0.400. The molecule has 104 valence electrons. The van der Waals surface area contributed by atoms with Crippen LogP contribution in [0, 0.1) is 11.3 Å². The minimum Gasteiger partial charge on any atom is -0.497 e. The van der Waals surface area contributed by atoms with Gasteiger partial charge in [0.1, 0.15) is 17.5 Å². The highest BCUT2D eigenvalue weighted by Crippen LogP contribution is 2.25. The molecule has 0 bridgehead atoms. The smallest absolute Gasteiger partial charge is 0.190 e. The monoisotopic (exact) mass is 270 g/mol. The average Bonchev–Trinajstić information content (AvgIpc) is 2.90. The number of nitriles is 1. The number of aryl methyl sites for hydroxylation is 1. The van der Waals surface area contributed by atoms with Crippen molar-refractivity contribution < 1.29 is 4.74 Å². The van der Waals surface area contributed by atoms with Crippen molar-refractivity contribution >= 4 is 0 Å². The van der Waals surface area contributed by atoms with Crippen molar-refractivity contribution in [2.24, 2.45) is 0 Å². The molecular formula is C15H18N4O. The van der Waals surface area contributed by atoms with Crippen molar-refractivity contribution in [2.45, 2.75) is 32.7 Å². The van der Waals surface area contributed by atoms with E-state index in [1.807, 2.05) is 28.9 Å². The maximum absolute atomic E-state index is 9.19. The predicted molar refractivity (Wildman–Crippen MR) is 76.3 cm³/mol. The Morgan fingerprint density at radius 1 is 1.35 bits per heavy atom. The Labute approximate surface area is 118 Å². The van der Waals surface area contributed by atoms with Gasteiger partial charge in [0.05, 0.1) is 7.11 Å². The van der Waals surface area contributed by atoms with Crippen LogP contribution in [0.15, 0.2) is 24.3 Å². The van der Waals surface area contributed by atoms with Crippen LogP contribution in [0.2, 0.25) is 0 Å². The minimum absolute atomic E-state index is 0.356. The van der Waals surface area contributed by atoms with Crippen molar-refractivity contribution in [1.29, 1.82) is 5.26 Å². The molecule has 0 unspecified atom stereocenters. The van der Waals surface area contributed by atoms with E-state index in [2.05, 4.69) is 23.3 Å². The van der Waals surface area contributed by atoms with Gasteiger partial charge in [0.2, 0.25) is 0 Å². The van der Waals surface area contributed by atoms with E-state index in [4.69, 9.17) is 4.74 Å². The van der Waals surface area contributed by atoms with Crippen LogP contribution in [0.4, 0.5) is 0 Å². The molecule has 0 saturated heterocycles. The second kappa shape index (κ2) is 6.71. The Hall–Kier alpha value is -2.35. The number of nitrogens with zero attached hydrogens (tertiary/aromatic N) is 4. The predicted octanol–water partition coefficient (Wildman–Crippen LogP) is 3.02. The van der Waals surface area contributed by atoms with Crippen LogP contribution >= 0.6 is 0 Å². The highest BCUT2D eigenvalue weighted by molar-refractivity contribution is 5.66. The van der Waals surface area contributed by atoms with Crippen molar-refractivity contribution in [3.63, 3.8) is 0 Å². The topological polar surface area (TPSA) is 63.7 Å². The van der Waals surface area contributed by atoms with Crippen LogP contribution in [0.1, 0.15) is 31.9 Å². The first-order chi connectivity index (χ1) is 9.80. The molecule has 5 nitrogen and oxygen atoms in total. The molecular weight excluding hydrogens is 252 g/mol. The summed E-state index contributed by atoms with van der Waals surface area (Å²) in [5.74, 6) is 0.757. The summed E-state index contributed by atoms with van der Waals surface area (Å²) in [6.45, 7) is 2.93. The van der Waals surface area contributed by atoms with Crippen LogP contribution in [0.5, 0.6) is 5.75 Å². The molecule has 2 aromatic rings. The summed E-state index contributed by atoms with van der Waals surface area (Å²) in [7, 11) is 1.63. The fourth-order valence-corrected chi connectivity index (χ4v) is 2.11. The lowest BCUT2D eigenvalue weighted by atomic mass is 10.1. The first-order valence-electron chi connectivity index (χ1n) is 6.78. The Bertz CT molecular complexity index is 613. The Morgan fingerprint density at radius 3 is 2.90 bits per heavy atom. The molecule has 0 spiro atoms. The number of unbranched alkanes of at least 4 members (excludes halogenated alkanes) is 2. The summed E-state index contributed by atoms with van der Waals surface area (Å²) in [5.41, 5.74) is 2.03. The Balaban J connectivity index is 2.37. The summed E-state index contributed by atoms with van der Waals surface area (Å²) in [4.78, 5) is 0. The van der Waals surface area contributed by atoms with Gasteiger partial charge >= 0.3 is 0 Å². The van der Waals surface area contributed by atoms with Gasteiger partial charge in [0.25, 0.3) is 0 Å². The first-order valence-corrected chi connectivity index (χ1v) is 6.78. The van der Waals surface area contributed by atoms with E-state index < -0.39 is 0 Å². The molecule has 1 heterocycles. The molecule has 2 rings (SSSR count). The van der Waals surface area contributed by atoms with Crippen LogP contribution in [-0.2, 0) is 6.54 Å². The lowest BCUT2D eigenvalue weighted by Gasteiger charge is -2.07. The van der Waals surface area contributed by atoms with Gasteiger partial charge in [0, 0.05) is 12.1 Å². The summed E-state index contributed by atoms with van der Waals surface area (Å²) in [6, 6.07) is 9.73. The summed E-state index contributed by atoms with van der Waals surface area (Å²) < 4.78 is 7.04. The lowest BCUT2D eigenvalue weighted by Crippen LogP contribution is -2.03. The van der Waals surface area contributed by atoms with Gasteiger partial charge < -0.3 is 4.74 Å². The van der Waals surface area contributed by atoms with Crippen LogP contribution in [-0.4, -0.2) is 22.1 Å². The van der Waals surface area contributed by atoms with Crippen molar-refractivity contribution in [3.05, 3.63) is 30.0 Å². The standard InChI is InChI=1S/C15H18N4O/c1-3-4-5-9-19-15(14(11-16)17-18-19)12-7-6-8-13(10-12)20-2/h6-8,10H,3-5,9H2,1-2H3. The van der Waals surface area contributed by atoms with E-state index in [0.29, 0.717) is 5.69 Å². The summed E-state index contributed by atoms with van der Waals surface area (Å²) in [6.07, 6.45) is 3.31. The Morgan fingerprint density at radius 2 is 2.20 bits per heavy atom. The zero-order chi connectivity index (χ0) is 14.4. The third-order valence-corrected chi connectivity index (χ3v) is 3.16. The molecule has 5 heteroatoms. The van der Waals surface area contributed by atoms with Gasteiger partial charge in [-0.3, -0.25) is 0 Å². The van der Waals surface area contributed by atoms with Crippen molar-refractivity contribution in [1.82, 2.24) is 15.0 Å². The van der Waals surface area contributed by atoms with E-state index in [0.717, 1.165) is 42.8 Å². The number of hydrogen-bond acceptors (Lipinski definition) is 4. The molecule has 0 aliphatic rings. The zero-order valence-electron chi connectivity index (χ0n) is 11.8. The van der Waals surface area contributed by atoms with Crippen LogP contribution in [0.25, 0.3) is 11.3 Å². The molecule has 0 atom stereocenters. The third-order valence-electron chi connectivity index (χ3n) is 3.16. The maximum Gasteiger partial charge on any atom is 0.190 e. The van der Waals surface area contributed by atoms with E-state index in [9.17, 15) is 5.26 Å². The minimum atomic E-state index is 0.356. The highest BCUT2D eigenvalue weighted by atomic mass is 16.5. The summed E-state index contributed by atoms with van der Waals surface area (Å²) in [5, 5.41) is 17.2. The van der Waals surface area contributed by atoms with Gasteiger partial charge in [-0.1, -0.05) is 37.1 Å². The molecule has 20 heavy (non-hydrogen) atoms. The largest absolute Gasteiger partial charge is 0.497 e. The van der Waals surface area contributed by atoms with Gasteiger partial charge in [-0.25, -0.2) is 4.68 Å². The van der Waals surface area contributed by atoms with Crippen molar-refractivity contribution in [2.75, 3.05) is 7.11 Å². The average molecular weight is 270 g/mol. The highest BCUT2D eigenvalue weighted by Gasteiger charge is 2.15. The molecule has 0 aliphatic carbocycles. The molecule has 0 N–H and O–H groups in total. The number of methoxy groups -OCH3 is 1. The maximum atomic E-state index is 9.19. The number of rotatable bonds is 6. The lowest BCUT2D eigenvalue weighted by molar-refractivity contribution is 0.415. The van der Waals surface area contributed by atoms with E-state index >= 15 is 0 Å². The number of hydrogen-bond donors (Lipinski definition) is 0. The molecule has 0 saturated carbocycles. The molecule has 0 fully saturated rings. The van der Waals surface area contributed by atoms with E-state index in [1.165, 1.54) is 0 Å². The fourth-order valence-electron chi connectivity index (χ4n) is 2.11. The number of benzene rings is 1. The van der Waals surface area contributed by atoms with Gasteiger partial charge in [-0.05, 0) is 18.6 Å². The van der Waals surface area contributed by atoms with Gasteiger partial charge in [-0.2, -0.15) is 5.26 Å².